The maximum Gasteiger partial charge on any atom is 0.471 e. The number of nitrogens with zero attached hydrogens (tertiary/aromatic N) is 5. The van der Waals surface area contributed by atoms with Crippen LogP contribution in [-0.2, 0) is 6.18 Å². The molecule has 0 aliphatic carbocycles. The summed E-state index contributed by atoms with van der Waals surface area (Å²) in [7, 11) is 1.62. The Morgan fingerprint density at radius 3 is 2.12 bits per heavy atom. The molecule has 3 aromatic heterocycles. The lowest BCUT2D eigenvalue weighted by molar-refractivity contribution is -0.159. The van der Waals surface area contributed by atoms with Gasteiger partial charge in [-0.05, 0) is 24.6 Å². The predicted octanol–water partition coefficient (Wildman–Crippen LogP) is 2.98. The summed E-state index contributed by atoms with van der Waals surface area (Å²) in [6.07, 6.45) is 1.51. The van der Waals surface area contributed by atoms with Crippen LogP contribution in [0, 0.1) is 6.92 Å². The van der Waals surface area contributed by atoms with Crippen LogP contribution in [0.2, 0.25) is 0 Å². The van der Waals surface area contributed by atoms with Crippen LogP contribution in [-0.4, -0.2) is 32.1 Å². The maximum absolute atomic E-state index is 12.2. The second-order valence-electron chi connectivity index (χ2n) is 4.49. The Morgan fingerprint density at radius 2 is 1.71 bits per heavy atom. The second kappa shape index (κ2) is 7.49. The number of rotatable bonds is 2. The minimum atomic E-state index is -4.66. The van der Waals surface area contributed by atoms with Gasteiger partial charge in [-0.2, -0.15) is 18.2 Å². The summed E-state index contributed by atoms with van der Waals surface area (Å²) in [4.78, 5) is 14.7. The molecule has 0 radical (unpaired) electrons. The van der Waals surface area contributed by atoms with Crippen LogP contribution in [0.4, 0.5) is 19.1 Å². The topological polar surface area (TPSA) is 89.6 Å². The first-order valence-corrected chi connectivity index (χ1v) is 6.68. The summed E-state index contributed by atoms with van der Waals surface area (Å²) in [5, 5.41) is 5.87. The molecule has 0 aromatic carbocycles. The number of alkyl halides is 3. The molecule has 0 amide bonds. The van der Waals surface area contributed by atoms with E-state index in [0.29, 0.717) is 5.95 Å². The SMILES string of the molecule is CNc1ncc(-c2noc(C(F)(F)F)n2)cn1.Cc1ccncc1. The first-order valence-electron chi connectivity index (χ1n) is 6.68. The van der Waals surface area contributed by atoms with E-state index in [1.54, 1.807) is 19.4 Å². The summed E-state index contributed by atoms with van der Waals surface area (Å²) >= 11 is 0. The summed E-state index contributed by atoms with van der Waals surface area (Å²) in [5.41, 5.74) is 1.50. The summed E-state index contributed by atoms with van der Waals surface area (Å²) < 4.78 is 40.7. The highest BCUT2D eigenvalue weighted by atomic mass is 19.4. The van der Waals surface area contributed by atoms with Crippen molar-refractivity contribution < 1.29 is 17.7 Å². The number of aryl methyl sites for hydroxylation is 1. The molecule has 3 heterocycles. The quantitative estimate of drug-likeness (QED) is 0.768. The zero-order valence-electron chi connectivity index (χ0n) is 12.7. The van der Waals surface area contributed by atoms with E-state index in [0.717, 1.165) is 0 Å². The van der Waals surface area contributed by atoms with Crippen LogP contribution in [0.3, 0.4) is 0 Å². The molecule has 1 N–H and O–H groups in total. The molecule has 0 fully saturated rings. The third-order valence-corrected chi connectivity index (χ3v) is 2.65. The Morgan fingerprint density at radius 1 is 1.08 bits per heavy atom. The fourth-order valence-electron chi connectivity index (χ4n) is 1.45. The van der Waals surface area contributed by atoms with E-state index in [4.69, 9.17) is 0 Å². The Hall–Kier alpha value is -3.04. The first-order chi connectivity index (χ1) is 11.4. The van der Waals surface area contributed by atoms with E-state index in [-0.39, 0.29) is 11.4 Å². The molecule has 0 bridgehead atoms. The van der Waals surface area contributed by atoms with Gasteiger partial charge in [0, 0.05) is 31.8 Å². The molecule has 0 spiro atoms. The van der Waals surface area contributed by atoms with Gasteiger partial charge in [-0.15, -0.1) is 0 Å². The molecule has 0 saturated carbocycles. The molecule has 10 heteroatoms. The van der Waals surface area contributed by atoms with Gasteiger partial charge in [-0.25, -0.2) is 9.97 Å². The molecule has 24 heavy (non-hydrogen) atoms. The number of aromatic nitrogens is 5. The van der Waals surface area contributed by atoms with E-state index in [9.17, 15) is 13.2 Å². The predicted molar refractivity (Wildman–Crippen MR) is 78.8 cm³/mol. The van der Waals surface area contributed by atoms with Crippen molar-refractivity contribution in [2.24, 2.45) is 0 Å². The van der Waals surface area contributed by atoms with Crippen molar-refractivity contribution >= 4 is 5.95 Å². The van der Waals surface area contributed by atoms with Crippen LogP contribution >= 0.6 is 0 Å². The first kappa shape index (κ1) is 17.3. The van der Waals surface area contributed by atoms with Gasteiger partial charge in [0.1, 0.15) is 0 Å². The number of halogens is 3. The highest BCUT2D eigenvalue weighted by Crippen LogP contribution is 2.29. The fraction of sp³-hybridized carbons (Fsp3) is 0.214. The number of nitrogens with one attached hydrogen (secondary N) is 1. The molecule has 3 aromatic rings. The molecule has 0 aliphatic heterocycles. The van der Waals surface area contributed by atoms with Crippen molar-refractivity contribution in [1.82, 2.24) is 25.1 Å². The van der Waals surface area contributed by atoms with E-state index in [2.05, 4.69) is 34.9 Å². The lowest BCUT2D eigenvalue weighted by Gasteiger charge is -1.97. The highest BCUT2D eigenvalue weighted by molar-refractivity contribution is 5.52. The number of hydrogen-bond acceptors (Lipinski definition) is 7. The minimum Gasteiger partial charge on any atom is -0.357 e. The van der Waals surface area contributed by atoms with Gasteiger partial charge in [0.05, 0.1) is 5.56 Å². The fourth-order valence-corrected chi connectivity index (χ4v) is 1.45. The lowest BCUT2D eigenvalue weighted by atomic mass is 10.3. The van der Waals surface area contributed by atoms with Crippen molar-refractivity contribution in [1.29, 1.82) is 0 Å². The van der Waals surface area contributed by atoms with Gasteiger partial charge >= 0.3 is 12.1 Å². The van der Waals surface area contributed by atoms with Crippen LogP contribution < -0.4 is 5.32 Å². The smallest absolute Gasteiger partial charge is 0.357 e. The Labute approximate surface area is 135 Å². The monoisotopic (exact) mass is 338 g/mol. The normalized spacial score (nSPS) is 10.7. The van der Waals surface area contributed by atoms with Crippen LogP contribution in [0.1, 0.15) is 11.5 Å². The average Bonchev–Trinajstić information content (AvgIpc) is 3.07. The van der Waals surface area contributed by atoms with Gasteiger partial charge in [-0.1, -0.05) is 5.16 Å². The van der Waals surface area contributed by atoms with E-state index in [1.165, 1.54) is 18.0 Å². The molecule has 0 saturated heterocycles. The van der Waals surface area contributed by atoms with Crippen LogP contribution in [0.15, 0.2) is 41.4 Å². The molecule has 0 atom stereocenters. The average molecular weight is 338 g/mol. The Kier molecular flexibility index (Phi) is 5.40. The summed E-state index contributed by atoms with van der Waals surface area (Å²) in [6, 6.07) is 3.94. The standard InChI is InChI=1S/C8H6F3N5O.C6H7N/c1-12-7-13-2-4(3-14-7)5-15-6(17-16-5)8(9,10)11;1-6-2-4-7-5-3-6/h2-3H,1H3,(H,12,13,14);2-5H,1H3. The Bertz CT molecular complexity index is 758. The van der Waals surface area contributed by atoms with E-state index in [1.807, 2.05) is 19.1 Å². The van der Waals surface area contributed by atoms with Gasteiger partial charge in [0.15, 0.2) is 0 Å². The van der Waals surface area contributed by atoms with Crippen molar-refractivity contribution in [2.45, 2.75) is 13.1 Å². The Balaban J connectivity index is 0.000000249. The molecule has 0 aliphatic rings. The zero-order valence-corrected chi connectivity index (χ0v) is 12.7. The minimum absolute atomic E-state index is 0.208. The third kappa shape index (κ3) is 4.73. The summed E-state index contributed by atoms with van der Waals surface area (Å²) in [5.74, 6) is -1.27. The summed E-state index contributed by atoms with van der Waals surface area (Å²) in [6.45, 7) is 2.04. The molecular formula is C14H13F3N6O. The van der Waals surface area contributed by atoms with Crippen molar-refractivity contribution in [2.75, 3.05) is 12.4 Å². The van der Waals surface area contributed by atoms with Crippen molar-refractivity contribution in [3.8, 4) is 11.4 Å². The van der Waals surface area contributed by atoms with Crippen LogP contribution in [0.5, 0.6) is 0 Å². The molecular weight excluding hydrogens is 325 g/mol. The lowest BCUT2D eigenvalue weighted by Crippen LogP contribution is -2.04. The number of anilines is 1. The van der Waals surface area contributed by atoms with E-state index >= 15 is 0 Å². The van der Waals surface area contributed by atoms with E-state index < -0.39 is 12.1 Å². The van der Waals surface area contributed by atoms with Crippen molar-refractivity contribution in [3.05, 3.63) is 48.4 Å². The molecule has 0 unspecified atom stereocenters. The third-order valence-electron chi connectivity index (χ3n) is 2.65. The van der Waals surface area contributed by atoms with Crippen LogP contribution in [0.25, 0.3) is 11.4 Å². The largest absolute Gasteiger partial charge is 0.471 e. The number of hydrogen-bond donors (Lipinski definition) is 1. The van der Waals surface area contributed by atoms with Gasteiger partial charge in [0.25, 0.3) is 0 Å². The molecule has 3 rings (SSSR count). The highest BCUT2D eigenvalue weighted by Gasteiger charge is 2.38. The molecule has 126 valence electrons. The maximum atomic E-state index is 12.2. The number of pyridine rings is 1. The molecule has 7 nitrogen and oxygen atoms in total. The van der Waals surface area contributed by atoms with Crippen molar-refractivity contribution in [3.63, 3.8) is 0 Å². The van der Waals surface area contributed by atoms with Gasteiger partial charge < -0.3 is 9.84 Å². The van der Waals surface area contributed by atoms with Gasteiger partial charge in [0.2, 0.25) is 11.8 Å². The van der Waals surface area contributed by atoms with Gasteiger partial charge in [-0.3, -0.25) is 4.98 Å². The second-order valence-corrected chi connectivity index (χ2v) is 4.49. The zero-order chi connectivity index (χ0) is 17.6.